The van der Waals surface area contributed by atoms with Gasteiger partial charge in [0.2, 0.25) is 11.8 Å². The normalized spacial score (nSPS) is 19.1. The fraction of sp³-hybridized carbons (Fsp3) is 0.258. The summed E-state index contributed by atoms with van der Waals surface area (Å²) in [5.41, 5.74) is 1.62. The zero-order valence-corrected chi connectivity index (χ0v) is 21.9. The number of fused-ring (bicyclic) bond motifs is 1. The van der Waals surface area contributed by atoms with Gasteiger partial charge in [-0.3, -0.25) is 9.59 Å². The van der Waals surface area contributed by atoms with Crippen LogP contribution in [0.3, 0.4) is 0 Å². The number of piperazine rings is 1. The third-order valence-electron chi connectivity index (χ3n) is 7.46. The molecule has 0 unspecified atom stereocenters. The maximum Gasteiger partial charge on any atom is 0.332 e. The third-order valence-corrected chi connectivity index (χ3v) is 7.46. The van der Waals surface area contributed by atoms with Gasteiger partial charge < -0.3 is 9.80 Å². The summed E-state index contributed by atoms with van der Waals surface area (Å²) >= 11 is 0. The second-order valence-corrected chi connectivity index (χ2v) is 10.1. The molecule has 1 atom stereocenters. The lowest BCUT2D eigenvalue weighted by Gasteiger charge is -2.51. The number of hydrogen-bond acceptors (Lipinski definition) is 3. The van der Waals surface area contributed by atoms with E-state index in [9.17, 15) is 14.4 Å². The molecule has 3 aromatic rings. The molecule has 2 heterocycles. The van der Waals surface area contributed by atoms with Gasteiger partial charge in [-0.25, -0.2) is 18.5 Å². The Hall–Kier alpha value is -4.51. The molecule has 8 heteroatoms. The second kappa shape index (κ2) is 9.99. The lowest BCUT2D eigenvalue weighted by molar-refractivity contribution is -0.152. The van der Waals surface area contributed by atoms with Crippen LogP contribution in [0.1, 0.15) is 41.2 Å². The number of urea groups is 1. The quantitative estimate of drug-likeness (QED) is 0.454. The summed E-state index contributed by atoms with van der Waals surface area (Å²) in [6.45, 7) is 6.18. The Bertz CT molecular complexity index is 1520. The predicted octanol–water partition coefficient (Wildman–Crippen LogP) is 4.94. The zero-order chi connectivity index (χ0) is 27.9. The Morgan fingerprint density at radius 3 is 2.10 bits per heavy atom. The first-order chi connectivity index (χ1) is 18.6. The molecule has 2 aliphatic heterocycles. The van der Waals surface area contributed by atoms with Gasteiger partial charge in [0.05, 0.1) is 6.42 Å². The summed E-state index contributed by atoms with van der Waals surface area (Å²) in [6.07, 6.45) is -0.394. The molecule has 2 saturated heterocycles. The number of amides is 4. The van der Waals surface area contributed by atoms with E-state index in [0.29, 0.717) is 17.0 Å². The molecule has 0 aliphatic carbocycles. The fourth-order valence-corrected chi connectivity index (χ4v) is 5.28. The predicted molar refractivity (Wildman–Crippen MR) is 143 cm³/mol. The van der Waals surface area contributed by atoms with Crippen molar-refractivity contribution in [3.63, 3.8) is 0 Å². The molecule has 4 amide bonds. The number of nitrogens with zero attached hydrogens (tertiary/aromatic N) is 3. The topological polar surface area (TPSA) is 60.9 Å². The number of carbonyl (C=O) groups excluding carboxylic acids is 3. The van der Waals surface area contributed by atoms with Gasteiger partial charge in [-0.05, 0) is 61.7 Å². The molecule has 5 rings (SSSR count). The minimum absolute atomic E-state index is 0.0645. The maximum absolute atomic E-state index is 15.2. The van der Waals surface area contributed by atoms with Crippen LogP contribution in [0, 0.1) is 37.3 Å². The Morgan fingerprint density at radius 2 is 1.46 bits per heavy atom. The minimum atomic E-state index is -1.45. The SMILES string of the molecule is Cc1cccc(C)c1CN1CCN2C(=O)N(c3c(F)cc(C#Cc4ccccc4)cc3F)C(=O)C[C@]2(C)C1=O. The molecule has 2 aliphatic rings. The average Bonchev–Trinajstić information content (AvgIpc) is 2.89. The van der Waals surface area contributed by atoms with Gasteiger partial charge >= 0.3 is 6.03 Å². The van der Waals surface area contributed by atoms with E-state index in [1.165, 1.54) is 11.8 Å². The highest BCUT2D eigenvalue weighted by molar-refractivity contribution is 6.19. The standard InChI is InChI=1S/C31H27F2N3O3/c1-20-8-7-9-21(2)24(20)19-34-14-15-35-30(39)36(27(37)18-31(35,3)29(34)38)28-25(32)16-23(17-26(28)33)13-12-22-10-5-4-6-11-22/h4-11,16-17H,14-15,18-19H2,1-3H3/t31-/m1/s1. The first-order valence-electron chi connectivity index (χ1n) is 12.7. The van der Waals surface area contributed by atoms with Crippen molar-refractivity contribution in [1.82, 2.24) is 9.80 Å². The molecular formula is C31H27F2N3O3. The van der Waals surface area contributed by atoms with Crippen LogP contribution in [0.5, 0.6) is 0 Å². The minimum Gasteiger partial charge on any atom is -0.335 e. The van der Waals surface area contributed by atoms with E-state index in [0.717, 1.165) is 28.8 Å². The van der Waals surface area contributed by atoms with Crippen LogP contribution in [-0.4, -0.2) is 46.3 Å². The van der Waals surface area contributed by atoms with Crippen LogP contribution < -0.4 is 4.90 Å². The number of rotatable bonds is 3. The number of benzene rings is 3. The largest absolute Gasteiger partial charge is 0.335 e. The van der Waals surface area contributed by atoms with E-state index >= 15 is 8.78 Å². The summed E-state index contributed by atoms with van der Waals surface area (Å²) in [6, 6.07) is 15.9. The average molecular weight is 528 g/mol. The Balaban J connectivity index is 1.41. The van der Waals surface area contributed by atoms with Crippen LogP contribution in [0.25, 0.3) is 0 Å². The van der Waals surface area contributed by atoms with Gasteiger partial charge in [0.25, 0.3) is 0 Å². The van der Waals surface area contributed by atoms with Crippen molar-refractivity contribution < 1.29 is 23.2 Å². The van der Waals surface area contributed by atoms with Gasteiger partial charge in [0.15, 0.2) is 11.6 Å². The van der Waals surface area contributed by atoms with Crippen molar-refractivity contribution in [1.29, 1.82) is 0 Å². The van der Waals surface area contributed by atoms with Crippen LogP contribution >= 0.6 is 0 Å². The van der Waals surface area contributed by atoms with Gasteiger partial charge in [0, 0.05) is 30.8 Å². The Morgan fingerprint density at radius 1 is 0.846 bits per heavy atom. The van der Waals surface area contributed by atoms with E-state index in [1.807, 2.05) is 38.1 Å². The van der Waals surface area contributed by atoms with Gasteiger partial charge in [0.1, 0.15) is 11.2 Å². The highest BCUT2D eigenvalue weighted by atomic mass is 19.1. The summed E-state index contributed by atoms with van der Waals surface area (Å²) < 4.78 is 30.4. The first kappa shape index (κ1) is 26.1. The van der Waals surface area contributed by atoms with Crippen molar-refractivity contribution in [2.45, 2.75) is 39.3 Å². The maximum atomic E-state index is 15.2. The van der Waals surface area contributed by atoms with Crippen LogP contribution in [0.2, 0.25) is 0 Å². The molecule has 2 fully saturated rings. The molecule has 0 spiro atoms. The van der Waals surface area contributed by atoms with E-state index in [2.05, 4.69) is 11.8 Å². The van der Waals surface area contributed by atoms with Crippen molar-refractivity contribution in [3.05, 3.63) is 100 Å². The number of imide groups is 1. The van der Waals surface area contributed by atoms with Crippen molar-refractivity contribution >= 4 is 23.5 Å². The van der Waals surface area contributed by atoms with Crippen molar-refractivity contribution in [2.75, 3.05) is 18.0 Å². The molecule has 0 radical (unpaired) electrons. The summed E-state index contributed by atoms with van der Waals surface area (Å²) in [7, 11) is 0. The molecule has 3 aromatic carbocycles. The number of aryl methyl sites for hydroxylation is 2. The monoisotopic (exact) mass is 527 g/mol. The Kier molecular flexibility index (Phi) is 6.69. The summed E-state index contributed by atoms with van der Waals surface area (Å²) in [5.74, 6) is 2.15. The van der Waals surface area contributed by atoms with Gasteiger partial charge in [-0.15, -0.1) is 0 Å². The number of anilines is 1. The van der Waals surface area contributed by atoms with Gasteiger partial charge in [-0.1, -0.05) is 48.2 Å². The number of carbonyl (C=O) groups is 3. The van der Waals surface area contributed by atoms with Crippen molar-refractivity contribution in [3.8, 4) is 11.8 Å². The molecule has 0 aromatic heterocycles. The third kappa shape index (κ3) is 4.65. The first-order valence-corrected chi connectivity index (χ1v) is 12.7. The zero-order valence-electron chi connectivity index (χ0n) is 21.9. The summed E-state index contributed by atoms with van der Waals surface area (Å²) in [4.78, 5) is 43.7. The molecule has 0 bridgehead atoms. The molecule has 39 heavy (non-hydrogen) atoms. The summed E-state index contributed by atoms with van der Waals surface area (Å²) in [5, 5.41) is 0. The highest BCUT2D eigenvalue weighted by Crippen LogP contribution is 2.37. The Labute approximate surface area is 225 Å². The number of halogens is 2. The fourth-order valence-electron chi connectivity index (χ4n) is 5.28. The smallest absolute Gasteiger partial charge is 0.332 e. The lowest BCUT2D eigenvalue weighted by atomic mass is 9.87. The second-order valence-electron chi connectivity index (χ2n) is 10.1. The number of hydrogen-bond donors (Lipinski definition) is 0. The molecule has 0 N–H and O–H groups in total. The van der Waals surface area contributed by atoms with E-state index < -0.39 is 41.2 Å². The van der Waals surface area contributed by atoms with Crippen molar-refractivity contribution in [2.24, 2.45) is 0 Å². The van der Waals surface area contributed by atoms with E-state index in [-0.39, 0.29) is 24.6 Å². The van der Waals surface area contributed by atoms with Crippen LogP contribution in [0.15, 0.2) is 60.7 Å². The van der Waals surface area contributed by atoms with Gasteiger partial charge in [-0.2, -0.15) is 0 Å². The molecule has 0 saturated carbocycles. The molecular weight excluding hydrogens is 500 g/mol. The molecule has 6 nitrogen and oxygen atoms in total. The van der Waals surface area contributed by atoms with Crippen LogP contribution in [0.4, 0.5) is 19.3 Å². The highest BCUT2D eigenvalue weighted by Gasteiger charge is 2.55. The van der Waals surface area contributed by atoms with E-state index in [4.69, 9.17) is 0 Å². The lowest BCUT2D eigenvalue weighted by Crippen LogP contribution is -2.72. The van der Waals surface area contributed by atoms with Crippen LogP contribution in [-0.2, 0) is 16.1 Å². The molecule has 198 valence electrons. The van der Waals surface area contributed by atoms with E-state index in [1.54, 1.807) is 29.2 Å².